The topological polar surface area (TPSA) is 29.1 Å². The molecule has 0 radical (unpaired) electrons. The van der Waals surface area contributed by atoms with Crippen LogP contribution in [0.5, 0.6) is 0 Å². The Kier molecular flexibility index (Phi) is 4.70. The van der Waals surface area contributed by atoms with Gasteiger partial charge in [0.25, 0.3) is 0 Å². The summed E-state index contributed by atoms with van der Waals surface area (Å²) in [5, 5.41) is 3.40. The average Bonchev–Trinajstić information content (AvgIpc) is 2.33. The van der Waals surface area contributed by atoms with E-state index in [9.17, 15) is 8.60 Å². The Hall–Kier alpha value is -0.260. The van der Waals surface area contributed by atoms with Crippen molar-refractivity contribution in [3.05, 3.63) is 34.1 Å². The Morgan fingerprint density at radius 1 is 1.41 bits per heavy atom. The van der Waals surface area contributed by atoms with Crippen molar-refractivity contribution >= 4 is 26.7 Å². The van der Waals surface area contributed by atoms with Crippen LogP contribution in [-0.4, -0.2) is 21.8 Å². The number of hydrogen-bond acceptors (Lipinski definition) is 2. The first kappa shape index (κ1) is 13.2. The largest absolute Gasteiger partial charge is 0.310 e. The first-order valence-corrected chi connectivity index (χ1v) is 7.96. The molecular formula is C12H15BrFNOS. The Balaban J connectivity index is 1.89. The summed E-state index contributed by atoms with van der Waals surface area (Å²) in [6.45, 7) is 0.648. The minimum Gasteiger partial charge on any atom is -0.310 e. The van der Waals surface area contributed by atoms with Gasteiger partial charge in [0.2, 0.25) is 0 Å². The molecule has 2 nitrogen and oxygen atoms in total. The van der Waals surface area contributed by atoms with Crippen LogP contribution in [0.1, 0.15) is 18.4 Å². The third-order valence-electron chi connectivity index (χ3n) is 3.00. The van der Waals surface area contributed by atoms with Crippen molar-refractivity contribution in [2.45, 2.75) is 25.4 Å². The molecule has 0 bridgehead atoms. The molecule has 94 valence electrons. The number of halogens is 2. The van der Waals surface area contributed by atoms with Crippen molar-refractivity contribution in [1.82, 2.24) is 5.32 Å². The maximum absolute atomic E-state index is 13.3. The lowest BCUT2D eigenvalue weighted by atomic mass is 10.1. The highest BCUT2D eigenvalue weighted by atomic mass is 79.9. The third kappa shape index (κ3) is 3.60. The molecule has 0 spiro atoms. The van der Waals surface area contributed by atoms with Gasteiger partial charge >= 0.3 is 0 Å². The molecule has 5 heteroatoms. The zero-order valence-corrected chi connectivity index (χ0v) is 11.8. The Labute approximate surface area is 112 Å². The van der Waals surface area contributed by atoms with Crippen LogP contribution in [0.15, 0.2) is 22.7 Å². The highest BCUT2D eigenvalue weighted by Gasteiger charge is 2.17. The smallest absolute Gasteiger partial charge is 0.137 e. The Morgan fingerprint density at radius 2 is 2.12 bits per heavy atom. The van der Waals surface area contributed by atoms with Crippen LogP contribution in [0, 0.1) is 5.82 Å². The van der Waals surface area contributed by atoms with E-state index in [4.69, 9.17) is 0 Å². The van der Waals surface area contributed by atoms with E-state index in [-0.39, 0.29) is 5.82 Å². The number of benzene rings is 1. The molecule has 1 saturated heterocycles. The third-order valence-corrected chi connectivity index (χ3v) is 5.27. The molecule has 0 unspecified atom stereocenters. The first-order chi connectivity index (χ1) is 8.16. The molecular weight excluding hydrogens is 305 g/mol. The number of rotatable bonds is 3. The second-order valence-corrected chi connectivity index (χ2v) is 6.71. The van der Waals surface area contributed by atoms with Gasteiger partial charge in [-0.3, -0.25) is 4.21 Å². The molecule has 0 amide bonds. The summed E-state index contributed by atoms with van der Waals surface area (Å²) in [5.74, 6) is 1.33. The average molecular weight is 320 g/mol. The SMILES string of the molecule is O=S1CCC(NCc2cccc(F)c2Br)CC1. The predicted molar refractivity (Wildman–Crippen MR) is 71.8 cm³/mol. The van der Waals surface area contributed by atoms with E-state index >= 15 is 0 Å². The van der Waals surface area contributed by atoms with Gasteiger partial charge in [-0.2, -0.15) is 0 Å². The Morgan fingerprint density at radius 3 is 2.82 bits per heavy atom. The number of nitrogens with one attached hydrogen (secondary N) is 1. The van der Waals surface area contributed by atoms with Crippen LogP contribution >= 0.6 is 15.9 Å². The highest BCUT2D eigenvalue weighted by molar-refractivity contribution is 9.10. The molecule has 17 heavy (non-hydrogen) atoms. The lowest BCUT2D eigenvalue weighted by molar-refractivity contribution is 0.473. The molecule has 0 saturated carbocycles. The summed E-state index contributed by atoms with van der Waals surface area (Å²) in [6.07, 6.45) is 1.89. The van der Waals surface area contributed by atoms with E-state index in [0.717, 1.165) is 29.9 Å². The standard InChI is InChI=1S/C12H15BrFNOS/c13-12-9(2-1-3-11(12)14)8-15-10-4-6-17(16)7-5-10/h1-3,10,15H,4-8H2. The van der Waals surface area contributed by atoms with Gasteiger partial charge in [0.15, 0.2) is 0 Å². The quantitative estimate of drug-likeness (QED) is 0.927. The zero-order valence-electron chi connectivity index (χ0n) is 9.42. The fraction of sp³-hybridized carbons (Fsp3) is 0.500. The molecule has 1 fully saturated rings. The molecule has 1 heterocycles. The molecule has 1 aliphatic rings. The van der Waals surface area contributed by atoms with Crippen molar-refractivity contribution in [3.63, 3.8) is 0 Å². The summed E-state index contributed by atoms with van der Waals surface area (Å²) in [6, 6.07) is 5.47. The van der Waals surface area contributed by atoms with Gasteiger partial charge < -0.3 is 5.32 Å². The minimum atomic E-state index is -0.626. The second-order valence-electron chi connectivity index (χ2n) is 4.22. The van der Waals surface area contributed by atoms with Crippen molar-refractivity contribution < 1.29 is 8.60 Å². The van der Waals surface area contributed by atoms with Crippen LogP contribution in [-0.2, 0) is 17.3 Å². The van der Waals surface area contributed by atoms with E-state index in [1.165, 1.54) is 6.07 Å². The summed E-state index contributed by atoms with van der Waals surface area (Å²) in [7, 11) is -0.626. The fourth-order valence-corrected chi connectivity index (χ4v) is 3.64. The Bertz CT molecular complexity index is 417. The van der Waals surface area contributed by atoms with Crippen LogP contribution in [0.25, 0.3) is 0 Å². The second kappa shape index (κ2) is 6.07. The molecule has 0 aliphatic carbocycles. The van der Waals surface area contributed by atoms with Crippen LogP contribution in [0.4, 0.5) is 4.39 Å². The number of hydrogen-bond donors (Lipinski definition) is 1. The lowest BCUT2D eigenvalue weighted by Crippen LogP contribution is -2.35. The van der Waals surface area contributed by atoms with Gasteiger partial charge in [0.05, 0.1) is 4.47 Å². The van der Waals surface area contributed by atoms with E-state index in [2.05, 4.69) is 21.2 Å². The highest BCUT2D eigenvalue weighted by Crippen LogP contribution is 2.20. The van der Waals surface area contributed by atoms with Gasteiger partial charge in [0, 0.05) is 34.9 Å². The molecule has 2 rings (SSSR count). The minimum absolute atomic E-state index is 0.228. The van der Waals surface area contributed by atoms with Crippen LogP contribution in [0.2, 0.25) is 0 Å². The first-order valence-electron chi connectivity index (χ1n) is 5.68. The van der Waals surface area contributed by atoms with Gasteiger partial charge in [-0.25, -0.2) is 4.39 Å². The van der Waals surface area contributed by atoms with Crippen molar-refractivity contribution in [3.8, 4) is 0 Å². The van der Waals surface area contributed by atoms with Crippen molar-refractivity contribution in [2.24, 2.45) is 0 Å². The molecule has 0 aromatic heterocycles. The van der Waals surface area contributed by atoms with Gasteiger partial charge in [-0.15, -0.1) is 0 Å². The summed E-state index contributed by atoms with van der Waals surface area (Å²) in [5.41, 5.74) is 0.927. The van der Waals surface area contributed by atoms with Crippen molar-refractivity contribution in [1.29, 1.82) is 0 Å². The maximum Gasteiger partial charge on any atom is 0.137 e. The van der Waals surface area contributed by atoms with Crippen molar-refractivity contribution in [2.75, 3.05) is 11.5 Å². The van der Waals surface area contributed by atoms with E-state index in [1.807, 2.05) is 6.07 Å². The summed E-state index contributed by atoms with van der Waals surface area (Å²) in [4.78, 5) is 0. The summed E-state index contributed by atoms with van der Waals surface area (Å²) >= 11 is 3.25. The van der Waals surface area contributed by atoms with E-state index in [1.54, 1.807) is 6.07 Å². The molecule has 1 N–H and O–H groups in total. The zero-order chi connectivity index (χ0) is 12.3. The molecule has 1 aromatic carbocycles. The van der Waals surface area contributed by atoms with Crippen LogP contribution in [0.3, 0.4) is 0 Å². The molecule has 1 aromatic rings. The van der Waals surface area contributed by atoms with Gasteiger partial charge in [-0.1, -0.05) is 12.1 Å². The molecule has 1 aliphatic heterocycles. The predicted octanol–water partition coefficient (Wildman–Crippen LogP) is 2.59. The van der Waals surface area contributed by atoms with Gasteiger partial charge in [0.1, 0.15) is 5.82 Å². The maximum atomic E-state index is 13.3. The summed E-state index contributed by atoms with van der Waals surface area (Å²) < 4.78 is 25.0. The molecule has 0 atom stereocenters. The van der Waals surface area contributed by atoms with Crippen LogP contribution < -0.4 is 5.32 Å². The van der Waals surface area contributed by atoms with E-state index < -0.39 is 10.8 Å². The lowest BCUT2D eigenvalue weighted by Gasteiger charge is -2.22. The van der Waals surface area contributed by atoms with E-state index in [0.29, 0.717) is 17.1 Å². The van der Waals surface area contributed by atoms with Gasteiger partial charge in [-0.05, 0) is 40.4 Å². The monoisotopic (exact) mass is 319 g/mol. The fourth-order valence-electron chi connectivity index (χ4n) is 1.94. The normalized spacial score (nSPS) is 24.8.